The van der Waals surface area contributed by atoms with Crippen molar-refractivity contribution in [2.24, 2.45) is 0 Å². The number of benzene rings is 2. The first kappa shape index (κ1) is 17.5. The van der Waals surface area contributed by atoms with Gasteiger partial charge in [0.25, 0.3) is 5.69 Å². The lowest BCUT2D eigenvalue weighted by atomic mass is 10.2. The molecular formula is C14H12Cl2N2O4S. The van der Waals surface area contributed by atoms with E-state index in [1.54, 1.807) is 6.92 Å². The molecule has 0 amide bonds. The van der Waals surface area contributed by atoms with Gasteiger partial charge >= 0.3 is 0 Å². The lowest BCUT2D eigenvalue weighted by molar-refractivity contribution is -0.384. The minimum atomic E-state index is -4.00. The molecule has 122 valence electrons. The Hall–Kier alpha value is -1.83. The molecule has 6 nitrogen and oxygen atoms in total. The van der Waals surface area contributed by atoms with Crippen LogP contribution in [0.1, 0.15) is 6.92 Å². The number of anilines is 1. The van der Waals surface area contributed by atoms with Crippen LogP contribution < -0.4 is 5.32 Å². The van der Waals surface area contributed by atoms with Crippen LogP contribution >= 0.6 is 23.2 Å². The Morgan fingerprint density at radius 2 is 1.78 bits per heavy atom. The maximum Gasteiger partial charge on any atom is 0.293 e. The second-order valence-electron chi connectivity index (χ2n) is 4.54. The van der Waals surface area contributed by atoms with Crippen molar-refractivity contribution in [1.29, 1.82) is 0 Å². The molecule has 0 bridgehead atoms. The second-order valence-corrected chi connectivity index (χ2v) is 7.31. The highest BCUT2D eigenvalue weighted by atomic mass is 35.5. The highest BCUT2D eigenvalue weighted by Gasteiger charge is 2.26. The smallest absolute Gasteiger partial charge is 0.293 e. The molecule has 23 heavy (non-hydrogen) atoms. The summed E-state index contributed by atoms with van der Waals surface area (Å²) in [5, 5.41) is 14.2. The summed E-state index contributed by atoms with van der Waals surface area (Å²) in [6, 6.07) is 7.68. The Balaban J connectivity index is 2.65. The van der Waals surface area contributed by atoms with Gasteiger partial charge in [-0.1, -0.05) is 23.2 Å². The molecule has 0 unspecified atom stereocenters. The summed E-state index contributed by atoms with van der Waals surface area (Å²) >= 11 is 11.8. The average molecular weight is 375 g/mol. The minimum Gasteiger partial charge on any atom is -0.380 e. The molecular weight excluding hydrogens is 363 g/mol. The van der Waals surface area contributed by atoms with Crippen LogP contribution in [0.5, 0.6) is 0 Å². The normalized spacial score (nSPS) is 11.3. The summed E-state index contributed by atoms with van der Waals surface area (Å²) in [4.78, 5) is 10.1. The van der Waals surface area contributed by atoms with Gasteiger partial charge in [-0.2, -0.15) is 0 Å². The summed E-state index contributed by atoms with van der Waals surface area (Å²) in [5.74, 6) is 0. The van der Waals surface area contributed by atoms with Crippen molar-refractivity contribution in [3.05, 3.63) is 56.6 Å². The summed E-state index contributed by atoms with van der Waals surface area (Å²) < 4.78 is 25.3. The molecule has 0 saturated carbocycles. The molecule has 1 N–H and O–H groups in total. The van der Waals surface area contributed by atoms with Gasteiger partial charge in [0.2, 0.25) is 9.84 Å². The van der Waals surface area contributed by atoms with Gasteiger partial charge < -0.3 is 5.32 Å². The SMILES string of the molecule is CCNc1cc(Cl)c(S(=O)(=O)c2ccc(Cl)cc2)cc1[N+](=O)[O-]. The monoisotopic (exact) mass is 374 g/mol. The molecule has 0 aromatic heterocycles. The highest BCUT2D eigenvalue weighted by Crippen LogP contribution is 2.36. The molecule has 0 heterocycles. The van der Waals surface area contributed by atoms with E-state index in [1.807, 2.05) is 0 Å². The molecule has 2 aromatic rings. The molecule has 0 radical (unpaired) electrons. The fourth-order valence-corrected chi connectivity index (χ4v) is 3.90. The Morgan fingerprint density at radius 1 is 1.17 bits per heavy atom. The van der Waals surface area contributed by atoms with E-state index in [0.29, 0.717) is 11.6 Å². The van der Waals surface area contributed by atoms with E-state index in [1.165, 1.54) is 30.3 Å². The highest BCUT2D eigenvalue weighted by molar-refractivity contribution is 7.91. The zero-order valence-electron chi connectivity index (χ0n) is 11.9. The Kier molecular flexibility index (Phi) is 5.13. The van der Waals surface area contributed by atoms with E-state index >= 15 is 0 Å². The van der Waals surface area contributed by atoms with Gasteiger partial charge in [0.15, 0.2) is 0 Å². The van der Waals surface area contributed by atoms with Crippen LogP contribution in [-0.4, -0.2) is 19.9 Å². The van der Waals surface area contributed by atoms with E-state index < -0.39 is 14.8 Å². The van der Waals surface area contributed by atoms with Gasteiger partial charge in [-0.15, -0.1) is 0 Å². The maximum atomic E-state index is 12.6. The number of nitro benzene ring substituents is 1. The van der Waals surface area contributed by atoms with Crippen molar-refractivity contribution >= 4 is 44.4 Å². The molecule has 0 spiro atoms. The number of rotatable bonds is 5. The maximum absolute atomic E-state index is 12.6. The van der Waals surface area contributed by atoms with Crippen molar-refractivity contribution in [1.82, 2.24) is 0 Å². The second kappa shape index (κ2) is 6.74. The Morgan fingerprint density at radius 3 is 2.30 bits per heavy atom. The van der Waals surface area contributed by atoms with Crippen molar-refractivity contribution in [2.75, 3.05) is 11.9 Å². The van der Waals surface area contributed by atoms with Gasteiger partial charge in [-0.05, 0) is 37.3 Å². The minimum absolute atomic E-state index is 0.0469. The predicted octanol–water partition coefficient (Wildman–Crippen LogP) is 4.17. The molecule has 0 atom stereocenters. The van der Waals surface area contributed by atoms with Crippen molar-refractivity contribution < 1.29 is 13.3 Å². The standard InChI is InChI=1S/C14H12Cl2N2O4S/c1-2-17-12-7-11(16)14(8-13(12)18(19)20)23(21,22)10-5-3-9(15)4-6-10/h3-8,17H,2H2,1H3. The predicted molar refractivity (Wildman–Crippen MR) is 89.2 cm³/mol. The molecule has 0 aliphatic rings. The lowest BCUT2D eigenvalue weighted by Gasteiger charge is -2.10. The molecule has 0 fully saturated rings. The third kappa shape index (κ3) is 3.57. The van der Waals surface area contributed by atoms with Crippen LogP contribution in [0, 0.1) is 10.1 Å². The lowest BCUT2D eigenvalue weighted by Crippen LogP contribution is -2.07. The number of nitro groups is 1. The van der Waals surface area contributed by atoms with E-state index in [-0.39, 0.29) is 26.2 Å². The number of hydrogen-bond acceptors (Lipinski definition) is 5. The third-order valence-electron chi connectivity index (χ3n) is 3.03. The molecule has 9 heteroatoms. The zero-order valence-corrected chi connectivity index (χ0v) is 14.2. The van der Waals surface area contributed by atoms with Crippen molar-refractivity contribution in [2.45, 2.75) is 16.7 Å². The third-order valence-corrected chi connectivity index (χ3v) is 5.51. The molecule has 0 saturated heterocycles. The number of hydrogen-bond donors (Lipinski definition) is 1. The molecule has 2 rings (SSSR count). The Labute approximate surface area is 143 Å². The number of sulfone groups is 1. The van der Waals surface area contributed by atoms with E-state index in [4.69, 9.17) is 23.2 Å². The molecule has 0 aliphatic carbocycles. The number of halogens is 2. The van der Waals surface area contributed by atoms with Gasteiger partial charge in [-0.25, -0.2) is 8.42 Å². The number of nitrogens with zero attached hydrogens (tertiary/aromatic N) is 1. The summed E-state index contributed by atoms with van der Waals surface area (Å²) in [7, 11) is -4.00. The fourth-order valence-electron chi connectivity index (χ4n) is 1.97. The van der Waals surface area contributed by atoms with Gasteiger partial charge in [-0.3, -0.25) is 10.1 Å². The van der Waals surface area contributed by atoms with E-state index in [9.17, 15) is 18.5 Å². The Bertz CT molecular complexity index is 852. The van der Waals surface area contributed by atoms with Crippen LogP contribution in [-0.2, 0) is 9.84 Å². The van der Waals surface area contributed by atoms with Crippen LogP contribution in [0.2, 0.25) is 10.0 Å². The van der Waals surface area contributed by atoms with Crippen LogP contribution in [0.25, 0.3) is 0 Å². The van der Waals surface area contributed by atoms with Crippen LogP contribution in [0.4, 0.5) is 11.4 Å². The zero-order chi connectivity index (χ0) is 17.2. The topological polar surface area (TPSA) is 89.3 Å². The number of nitrogens with one attached hydrogen (secondary N) is 1. The largest absolute Gasteiger partial charge is 0.380 e. The van der Waals surface area contributed by atoms with Gasteiger partial charge in [0.05, 0.1) is 19.7 Å². The first-order chi connectivity index (χ1) is 10.8. The van der Waals surface area contributed by atoms with Crippen molar-refractivity contribution in [3.8, 4) is 0 Å². The first-order valence-corrected chi connectivity index (χ1v) is 8.73. The van der Waals surface area contributed by atoms with Crippen LogP contribution in [0.15, 0.2) is 46.2 Å². The van der Waals surface area contributed by atoms with Crippen molar-refractivity contribution in [3.63, 3.8) is 0 Å². The van der Waals surface area contributed by atoms with E-state index in [2.05, 4.69) is 5.32 Å². The summed E-state index contributed by atoms with van der Waals surface area (Å²) in [6.45, 7) is 2.19. The fraction of sp³-hybridized carbons (Fsp3) is 0.143. The van der Waals surface area contributed by atoms with Crippen LogP contribution in [0.3, 0.4) is 0 Å². The van der Waals surface area contributed by atoms with Gasteiger partial charge in [0.1, 0.15) is 5.69 Å². The summed E-state index contributed by atoms with van der Waals surface area (Å²) in [6.07, 6.45) is 0. The van der Waals surface area contributed by atoms with Gasteiger partial charge in [0, 0.05) is 17.6 Å². The van der Waals surface area contributed by atoms with E-state index in [0.717, 1.165) is 6.07 Å². The average Bonchev–Trinajstić information content (AvgIpc) is 2.47. The molecule has 2 aromatic carbocycles. The first-order valence-electron chi connectivity index (χ1n) is 6.50. The molecule has 0 aliphatic heterocycles. The quantitative estimate of drug-likeness (QED) is 0.626. The summed E-state index contributed by atoms with van der Waals surface area (Å²) in [5.41, 5.74) is -0.193.